The molecule has 0 bridgehead atoms. The predicted octanol–water partition coefficient (Wildman–Crippen LogP) is 2.68. The Bertz CT molecular complexity index is 370. The Morgan fingerprint density at radius 2 is 1.94 bits per heavy atom. The van der Waals surface area contributed by atoms with Crippen molar-refractivity contribution in [3.63, 3.8) is 0 Å². The topological polar surface area (TPSA) is 58.6 Å². The van der Waals surface area contributed by atoms with Crippen molar-refractivity contribution in [1.82, 2.24) is 5.32 Å². The molecule has 0 heterocycles. The zero-order chi connectivity index (χ0) is 13.6. The van der Waals surface area contributed by atoms with E-state index in [0.29, 0.717) is 13.0 Å². The number of carbonyl (C=O) groups is 1. The molecule has 0 aliphatic heterocycles. The van der Waals surface area contributed by atoms with Crippen molar-refractivity contribution in [3.8, 4) is 0 Å². The molecule has 0 saturated carbocycles. The highest BCUT2D eigenvalue weighted by atomic mass is 16.5. The van der Waals surface area contributed by atoms with Crippen LogP contribution in [0.5, 0.6) is 0 Å². The zero-order valence-electron chi connectivity index (χ0n) is 11.1. The second kappa shape index (κ2) is 6.40. The highest BCUT2D eigenvalue weighted by Crippen LogP contribution is 2.14. The molecule has 0 spiro atoms. The van der Waals surface area contributed by atoms with Crippen molar-refractivity contribution in [2.45, 2.75) is 38.9 Å². The SMILES string of the molecule is CC(C)(C)OC(CNC(=O)O)Cc1ccccc1. The summed E-state index contributed by atoms with van der Waals surface area (Å²) in [6.07, 6.45) is -0.493. The van der Waals surface area contributed by atoms with Gasteiger partial charge in [0, 0.05) is 13.0 Å². The summed E-state index contributed by atoms with van der Waals surface area (Å²) in [6, 6.07) is 9.92. The molecule has 0 aliphatic carbocycles. The van der Waals surface area contributed by atoms with Crippen molar-refractivity contribution in [2.75, 3.05) is 6.54 Å². The predicted molar refractivity (Wildman–Crippen MR) is 70.8 cm³/mol. The van der Waals surface area contributed by atoms with E-state index in [1.807, 2.05) is 51.1 Å². The molecule has 4 nitrogen and oxygen atoms in total. The summed E-state index contributed by atoms with van der Waals surface area (Å²) >= 11 is 0. The number of hydrogen-bond acceptors (Lipinski definition) is 2. The molecule has 0 saturated heterocycles. The summed E-state index contributed by atoms with van der Waals surface area (Å²) in [5.74, 6) is 0. The second-order valence-corrected chi connectivity index (χ2v) is 5.23. The fraction of sp³-hybridized carbons (Fsp3) is 0.500. The van der Waals surface area contributed by atoms with Crippen molar-refractivity contribution in [2.24, 2.45) is 0 Å². The van der Waals surface area contributed by atoms with Crippen molar-refractivity contribution in [3.05, 3.63) is 35.9 Å². The Labute approximate surface area is 108 Å². The van der Waals surface area contributed by atoms with E-state index in [4.69, 9.17) is 9.84 Å². The van der Waals surface area contributed by atoms with E-state index in [-0.39, 0.29) is 11.7 Å². The van der Waals surface area contributed by atoms with Crippen LogP contribution in [0.2, 0.25) is 0 Å². The highest BCUT2D eigenvalue weighted by Gasteiger charge is 2.19. The molecule has 1 aromatic rings. The molecule has 0 fully saturated rings. The molecule has 1 atom stereocenters. The third-order valence-electron chi connectivity index (χ3n) is 2.31. The normalized spacial score (nSPS) is 13.1. The van der Waals surface area contributed by atoms with Crippen LogP contribution in [-0.2, 0) is 11.2 Å². The average molecular weight is 251 g/mol. The maximum Gasteiger partial charge on any atom is 0.404 e. The Morgan fingerprint density at radius 1 is 1.33 bits per heavy atom. The van der Waals surface area contributed by atoms with Gasteiger partial charge in [0.15, 0.2) is 0 Å². The van der Waals surface area contributed by atoms with E-state index in [1.54, 1.807) is 0 Å². The lowest BCUT2D eigenvalue weighted by Crippen LogP contribution is -2.38. The molecule has 0 aliphatic rings. The van der Waals surface area contributed by atoms with Crippen LogP contribution in [0.1, 0.15) is 26.3 Å². The number of benzene rings is 1. The van der Waals surface area contributed by atoms with E-state index in [1.165, 1.54) is 0 Å². The Balaban J connectivity index is 2.62. The summed E-state index contributed by atoms with van der Waals surface area (Å²) in [5, 5.41) is 11.0. The molecular weight excluding hydrogens is 230 g/mol. The minimum absolute atomic E-state index is 0.163. The first-order valence-corrected chi connectivity index (χ1v) is 6.05. The van der Waals surface area contributed by atoms with E-state index >= 15 is 0 Å². The van der Waals surface area contributed by atoms with Crippen LogP contribution in [0.15, 0.2) is 30.3 Å². The van der Waals surface area contributed by atoms with Gasteiger partial charge in [0.05, 0.1) is 11.7 Å². The Kier molecular flexibility index (Phi) is 5.16. The van der Waals surface area contributed by atoms with Gasteiger partial charge in [-0.05, 0) is 26.3 Å². The first kappa shape index (κ1) is 14.5. The minimum atomic E-state index is -1.02. The number of amides is 1. The smallest absolute Gasteiger partial charge is 0.404 e. The molecule has 4 heteroatoms. The molecule has 1 unspecified atom stereocenters. The first-order valence-electron chi connectivity index (χ1n) is 6.05. The van der Waals surface area contributed by atoms with Gasteiger partial charge < -0.3 is 15.2 Å². The Hall–Kier alpha value is -1.55. The van der Waals surface area contributed by atoms with Crippen LogP contribution < -0.4 is 5.32 Å². The third kappa shape index (κ3) is 6.25. The summed E-state index contributed by atoms with van der Waals surface area (Å²) in [6.45, 7) is 6.19. The summed E-state index contributed by atoms with van der Waals surface area (Å²) in [5.41, 5.74) is 0.846. The quantitative estimate of drug-likeness (QED) is 0.846. The molecule has 100 valence electrons. The highest BCUT2D eigenvalue weighted by molar-refractivity contribution is 5.64. The molecule has 1 aromatic carbocycles. The number of ether oxygens (including phenoxy) is 1. The van der Waals surface area contributed by atoms with Gasteiger partial charge in [0.1, 0.15) is 0 Å². The van der Waals surface area contributed by atoms with Crippen LogP contribution in [0, 0.1) is 0 Å². The van der Waals surface area contributed by atoms with Gasteiger partial charge in [-0.25, -0.2) is 4.79 Å². The minimum Gasteiger partial charge on any atom is -0.465 e. The summed E-state index contributed by atoms with van der Waals surface area (Å²) in [7, 11) is 0. The lowest BCUT2D eigenvalue weighted by Gasteiger charge is -2.27. The molecule has 18 heavy (non-hydrogen) atoms. The molecule has 1 amide bonds. The first-order chi connectivity index (χ1) is 8.37. The maximum absolute atomic E-state index is 10.6. The lowest BCUT2D eigenvalue weighted by atomic mass is 10.1. The number of rotatable bonds is 5. The van der Waals surface area contributed by atoms with Crippen molar-refractivity contribution in [1.29, 1.82) is 0 Å². The zero-order valence-corrected chi connectivity index (χ0v) is 11.1. The lowest BCUT2D eigenvalue weighted by molar-refractivity contribution is -0.0574. The van der Waals surface area contributed by atoms with Crippen LogP contribution in [0.4, 0.5) is 4.79 Å². The number of hydrogen-bond donors (Lipinski definition) is 2. The van der Waals surface area contributed by atoms with Gasteiger partial charge in [0.25, 0.3) is 0 Å². The van der Waals surface area contributed by atoms with Gasteiger partial charge in [-0.15, -0.1) is 0 Å². The van der Waals surface area contributed by atoms with Crippen molar-refractivity contribution >= 4 is 6.09 Å². The molecular formula is C14H21NO3. The molecule has 0 radical (unpaired) electrons. The van der Waals surface area contributed by atoms with Crippen LogP contribution in [-0.4, -0.2) is 29.4 Å². The molecule has 1 rings (SSSR count). The van der Waals surface area contributed by atoms with Crippen molar-refractivity contribution < 1.29 is 14.6 Å². The molecule has 2 N–H and O–H groups in total. The van der Waals surface area contributed by atoms with Gasteiger partial charge in [-0.2, -0.15) is 0 Å². The summed E-state index contributed by atoms with van der Waals surface area (Å²) in [4.78, 5) is 10.6. The van der Waals surface area contributed by atoms with Gasteiger partial charge in [0.2, 0.25) is 0 Å². The van der Waals surface area contributed by atoms with Crippen LogP contribution in [0.3, 0.4) is 0 Å². The fourth-order valence-electron chi connectivity index (χ4n) is 1.73. The largest absolute Gasteiger partial charge is 0.465 e. The second-order valence-electron chi connectivity index (χ2n) is 5.23. The van der Waals surface area contributed by atoms with E-state index in [0.717, 1.165) is 5.56 Å². The van der Waals surface area contributed by atoms with E-state index in [2.05, 4.69) is 5.32 Å². The van der Waals surface area contributed by atoms with Gasteiger partial charge in [-0.3, -0.25) is 0 Å². The fourth-order valence-corrected chi connectivity index (χ4v) is 1.73. The summed E-state index contributed by atoms with van der Waals surface area (Å²) < 4.78 is 5.87. The Morgan fingerprint density at radius 3 is 2.44 bits per heavy atom. The van der Waals surface area contributed by atoms with E-state index in [9.17, 15) is 4.79 Å². The van der Waals surface area contributed by atoms with Gasteiger partial charge >= 0.3 is 6.09 Å². The number of nitrogens with one attached hydrogen (secondary N) is 1. The monoisotopic (exact) mass is 251 g/mol. The van der Waals surface area contributed by atoms with Crippen LogP contribution in [0.25, 0.3) is 0 Å². The maximum atomic E-state index is 10.6. The number of carboxylic acid groups (broad SMARTS) is 1. The third-order valence-corrected chi connectivity index (χ3v) is 2.31. The standard InChI is InChI=1S/C14H21NO3/c1-14(2,3)18-12(10-15-13(16)17)9-11-7-5-4-6-8-11/h4-8,12,15H,9-10H2,1-3H3,(H,16,17). The van der Waals surface area contributed by atoms with Gasteiger partial charge in [-0.1, -0.05) is 30.3 Å². The average Bonchev–Trinajstić information content (AvgIpc) is 2.25. The molecule has 0 aromatic heterocycles. The van der Waals surface area contributed by atoms with Crippen LogP contribution >= 0.6 is 0 Å². The van der Waals surface area contributed by atoms with E-state index < -0.39 is 6.09 Å².